The first-order valence-electron chi connectivity index (χ1n) is 6.97. The molecule has 2 rings (SSSR count). The molecule has 1 aromatic carbocycles. The van der Waals surface area contributed by atoms with Gasteiger partial charge in [-0.15, -0.1) is 0 Å². The predicted molar refractivity (Wildman–Crippen MR) is 76.9 cm³/mol. The molecule has 1 amide bonds. The van der Waals surface area contributed by atoms with Crippen LogP contribution in [0, 0.1) is 0 Å². The zero-order valence-corrected chi connectivity index (χ0v) is 11.5. The van der Waals surface area contributed by atoms with E-state index in [9.17, 15) is 4.79 Å². The maximum atomic E-state index is 12.6. The van der Waals surface area contributed by atoms with Crippen LogP contribution >= 0.6 is 0 Å². The topological polar surface area (TPSA) is 58.4 Å². The normalized spacial score (nSPS) is 21.2. The largest absolute Gasteiger partial charge is 0.341 e. The smallest absolute Gasteiger partial charge is 0.231 e. The average molecular weight is 261 g/mol. The molecule has 0 bridgehead atoms. The third kappa shape index (κ3) is 3.33. The third-order valence-corrected chi connectivity index (χ3v) is 3.88. The van der Waals surface area contributed by atoms with Crippen molar-refractivity contribution in [3.63, 3.8) is 0 Å². The molecule has 1 fully saturated rings. The van der Waals surface area contributed by atoms with Gasteiger partial charge in [-0.1, -0.05) is 30.3 Å². The molecule has 4 nitrogen and oxygen atoms in total. The van der Waals surface area contributed by atoms with Gasteiger partial charge in [-0.25, -0.2) is 0 Å². The molecular formula is C15H23N3O. The summed E-state index contributed by atoms with van der Waals surface area (Å²) in [6.07, 6.45) is 2.20. The summed E-state index contributed by atoms with van der Waals surface area (Å²) in [5.41, 5.74) is 6.83. The molecule has 0 aliphatic carbocycles. The Bertz CT molecular complexity index is 407. The van der Waals surface area contributed by atoms with Crippen molar-refractivity contribution in [3.8, 4) is 0 Å². The van der Waals surface area contributed by atoms with Crippen LogP contribution in [0.1, 0.15) is 24.3 Å². The van der Waals surface area contributed by atoms with E-state index < -0.39 is 0 Å². The second-order valence-electron chi connectivity index (χ2n) is 5.11. The molecule has 104 valence electrons. The highest BCUT2D eigenvalue weighted by molar-refractivity contribution is 5.84. The fraction of sp³-hybridized carbons (Fsp3) is 0.533. The van der Waals surface area contributed by atoms with Crippen molar-refractivity contribution in [1.29, 1.82) is 0 Å². The van der Waals surface area contributed by atoms with Gasteiger partial charge in [0.25, 0.3) is 0 Å². The zero-order valence-electron chi connectivity index (χ0n) is 11.5. The van der Waals surface area contributed by atoms with Gasteiger partial charge in [-0.3, -0.25) is 4.79 Å². The second kappa shape index (κ2) is 6.68. The molecule has 1 aliphatic heterocycles. The van der Waals surface area contributed by atoms with Gasteiger partial charge in [-0.05, 0) is 25.5 Å². The lowest BCUT2D eigenvalue weighted by atomic mass is 9.96. The molecule has 2 unspecified atom stereocenters. The van der Waals surface area contributed by atoms with Crippen molar-refractivity contribution < 1.29 is 4.79 Å². The van der Waals surface area contributed by atoms with E-state index in [0.717, 1.165) is 31.5 Å². The number of rotatable bonds is 4. The average Bonchev–Trinajstić information content (AvgIpc) is 2.49. The number of amides is 1. The molecular weight excluding hydrogens is 238 g/mol. The van der Waals surface area contributed by atoms with E-state index >= 15 is 0 Å². The number of hydrogen-bond donors (Lipinski definition) is 2. The quantitative estimate of drug-likeness (QED) is 0.848. The van der Waals surface area contributed by atoms with E-state index in [4.69, 9.17) is 5.73 Å². The number of carbonyl (C=O) groups excluding carboxylic acids is 1. The van der Waals surface area contributed by atoms with E-state index in [-0.39, 0.29) is 11.8 Å². The van der Waals surface area contributed by atoms with Crippen molar-refractivity contribution in [1.82, 2.24) is 10.2 Å². The molecule has 0 spiro atoms. The first-order chi connectivity index (χ1) is 9.26. The number of likely N-dealkylation sites (tertiary alicyclic amines) is 1. The van der Waals surface area contributed by atoms with Gasteiger partial charge in [0.2, 0.25) is 5.91 Å². The molecule has 1 saturated heterocycles. The maximum Gasteiger partial charge on any atom is 0.231 e. The second-order valence-corrected chi connectivity index (χ2v) is 5.11. The summed E-state index contributed by atoms with van der Waals surface area (Å²) in [5, 5.41) is 3.26. The molecule has 0 radical (unpaired) electrons. The minimum atomic E-state index is -0.211. The molecule has 1 aliphatic rings. The van der Waals surface area contributed by atoms with Crippen molar-refractivity contribution >= 4 is 5.91 Å². The lowest BCUT2D eigenvalue weighted by Gasteiger charge is -2.34. The van der Waals surface area contributed by atoms with Crippen LogP contribution in [0.3, 0.4) is 0 Å². The Kier molecular flexibility index (Phi) is 4.93. The first-order valence-corrected chi connectivity index (χ1v) is 6.97. The summed E-state index contributed by atoms with van der Waals surface area (Å²) in [6.45, 7) is 2.00. The lowest BCUT2D eigenvalue weighted by molar-refractivity contribution is -0.133. The summed E-state index contributed by atoms with van der Waals surface area (Å²) in [6, 6.07) is 10.2. The molecule has 2 atom stereocenters. The van der Waals surface area contributed by atoms with Crippen LogP contribution in [0.25, 0.3) is 0 Å². The van der Waals surface area contributed by atoms with Crippen molar-refractivity contribution in [2.75, 3.05) is 26.7 Å². The van der Waals surface area contributed by atoms with Crippen molar-refractivity contribution in [2.24, 2.45) is 5.73 Å². The standard InChI is InChI=1S/C15H23N3O/c1-17-13-8-5-9-18(11-13)15(19)14(10-16)12-6-3-2-4-7-12/h2-4,6-7,13-14,17H,5,8-11,16H2,1H3. The monoisotopic (exact) mass is 261 g/mol. The number of hydrogen-bond acceptors (Lipinski definition) is 3. The van der Waals surface area contributed by atoms with E-state index in [1.165, 1.54) is 0 Å². The first kappa shape index (κ1) is 14.0. The van der Waals surface area contributed by atoms with Gasteiger partial charge in [0.15, 0.2) is 0 Å². The number of nitrogens with two attached hydrogens (primary N) is 1. The number of piperidine rings is 1. The van der Waals surface area contributed by atoms with E-state index in [1.54, 1.807) is 0 Å². The highest BCUT2D eigenvalue weighted by Crippen LogP contribution is 2.20. The van der Waals surface area contributed by atoms with Gasteiger partial charge < -0.3 is 16.0 Å². The van der Waals surface area contributed by atoms with Gasteiger partial charge >= 0.3 is 0 Å². The Morgan fingerprint density at radius 2 is 2.21 bits per heavy atom. The molecule has 1 aromatic rings. The third-order valence-electron chi connectivity index (χ3n) is 3.88. The summed E-state index contributed by atoms with van der Waals surface area (Å²) in [4.78, 5) is 14.6. The van der Waals surface area contributed by atoms with Crippen LogP contribution in [-0.2, 0) is 4.79 Å². The van der Waals surface area contributed by atoms with E-state index in [2.05, 4.69) is 5.32 Å². The maximum absolute atomic E-state index is 12.6. The fourth-order valence-electron chi connectivity index (χ4n) is 2.70. The van der Waals surface area contributed by atoms with E-state index in [1.807, 2.05) is 42.3 Å². The Hall–Kier alpha value is -1.39. The van der Waals surface area contributed by atoms with Crippen LogP contribution in [0.2, 0.25) is 0 Å². The minimum Gasteiger partial charge on any atom is -0.341 e. The van der Waals surface area contributed by atoms with Gasteiger partial charge in [0.1, 0.15) is 0 Å². The molecule has 19 heavy (non-hydrogen) atoms. The highest BCUT2D eigenvalue weighted by Gasteiger charge is 2.28. The number of benzene rings is 1. The number of nitrogens with one attached hydrogen (secondary N) is 1. The summed E-state index contributed by atoms with van der Waals surface area (Å²) < 4.78 is 0. The molecule has 0 aromatic heterocycles. The highest BCUT2D eigenvalue weighted by atomic mass is 16.2. The van der Waals surface area contributed by atoms with Crippen LogP contribution in [-0.4, -0.2) is 43.5 Å². The number of carbonyl (C=O) groups is 1. The summed E-state index contributed by atoms with van der Waals surface area (Å²) >= 11 is 0. The molecule has 3 N–H and O–H groups in total. The Balaban J connectivity index is 2.08. The Morgan fingerprint density at radius 3 is 2.84 bits per heavy atom. The van der Waals surface area contributed by atoms with Crippen LogP contribution in [0.5, 0.6) is 0 Å². The van der Waals surface area contributed by atoms with Crippen molar-refractivity contribution in [2.45, 2.75) is 24.8 Å². The van der Waals surface area contributed by atoms with Gasteiger partial charge in [0, 0.05) is 25.7 Å². The SMILES string of the molecule is CNC1CCCN(C(=O)C(CN)c2ccccc2)C1. The summed E-state index contributed by atoms with van der Waals surface area (Å²) in [7, 11) is 1.95. The molecule has 1 heterocycles. The van der Waals surface area contributed by atoms with Crippen LogP contribution in [0.4, 0.5) is 0 Å². The van der Waals surface area contributed by atoms with E-state index in [0.29, 0.717) is 12.6 Å². The van der Waals surface area contributed by atoms with Crippen molar-refractivity contribution in [3.05, 3.63) is 35.9 Å². The molecule has 4 heteroatoms. The Morgan fingerprint density at radius 1 is 1.47 bits per heavy atom. The number of nitrogens with zero attached hydrogens (tertiary/aromatic N) is 1. The predicted octanol–water partition coefficient (Wildman–Crippen LogP) is 0.939. The summed E-state index contributed by atoms with van der Waals surface area (Å²) in [5.74, 6) is -0.0505. The Labute approximate surface area is 115 Å². The minimum absolute atomic E-state index is 0.161. The van der Waals surface area contributed by atoms with Gasteiger partial charge in [-0.2, -0.15) is 0 Å². The lowest BCUT2D eigenvalue weighted by Crippen LogP contribution is -2.49. The van der Waals surface area contributed by atoms with Gasteiger partial charge in [0.05, 0.1) is 5.92 Å². The fourth-order valence-corrected chi connectivity index (χ4v) is 2.70. The zero-order chi connectivity index (χ0) is 13.7. The van der Waals surface area contributed by atoms with Crippen LogP contribution < -0.4 is 11.1 Å². The molecule has 0 saturated carbocycles. The van der Waals surface area contributed by atoms with Crippen LogP contribution in [0.15, 0.2) is 30.3 Å². The number of likely N-dealkylation sites (N-methyl/N-ethyl adjacent to an activating group) is 1.